The first-order valence-electron chi connectivity index (χ1n) is 39.5. The Morgan fingerprint density at radius 3 is 0.365 bits per heavy atom. The fourth-order valence-corrected chi connectivity index (χ4v) is 0. The standard InChI is InChI=1S/4C8H18.2C7H16.3C6H14.2C5H12/c4*1-7(2,3)8(4,5)6;2*1-6(2)7(3,4)5;2*1-5-6(2,3)4;1-5(2)6(3)4;2*1-4-5(2)3/h4*1-6H3;2*6H,1-5H3;2*5H2,1-4H3;5-6H,1-4H3;2*5H,4H2,1-3H3/i3*1D3;;2*6D;2*5D2;5D,6D;2*4D2,5D. The summed E-state index contributed by atoms with van der Waals surface area (Å²) in [6.07, 6.45) is -4.92. The molecule has 0 aliphatic carbocycles. The Bertz CT molecular complexity index is 1510. The van der Waals surface area contributed by atoms with E-state index in [9.17, 15) is 0 Å². The molecule has 0 amide bonds. The monoisotopic (exact) mass is 1080 g/mol. The van der Waals surface area contributed by atoms with Crippen LogP contribution in [0.3, 0.4) is 0 Å². The Labute approximate surface area is 516 Å². The maximum absolute atomic E-state index is 7.58. The van der Waals surface area contributed by atoms with E-state index in [4.69, 9.17) is 31.5 Å². The van der Waals surface area contributed by atoms with Gasteiger partial charge in [-0.15, -0.1) is 0 Å². The highest BCUT2D eigenvalue weighted by Crippen LogP contribution is 2.39. The van der Waals surface area contributed by atoms with Crippen LogP contribution in [0.15, 0.2) is 0 Å². The van der Waals surface area contributed by atoms with Crippen molar-refractivity contribution in [2.24, 2.45) is 100 Å². The van der Waals surface area contributed by atoms with Crippen molar-refractivity contribution in [2.45, 2.75) is 385 Å². The summed E-state index contributed by atoms with van der Waals surface area (Å²) in [6, 6.07) is 0. The molecule has 0 aliphatic rings. The van der Waals surface area contributed by atoms with Gasteiger partial charge in [0.15, 0.2) is 0 Å². The fourth-order valence-electron chi connectivity index (χ4n) is 0. The molecule has 0 rings (SSSR count). The van der Waals surface area contributed by atoms with Crippen molar-refractivity contribution in [1.82, 2.24) is 0 Å². The van der Waals surface area contributed by atoms with Gasteiger partial charge >= 0.3 is 0 Å². The molecule has 0 aliphatic heterocycles. The topological polar surface area (TPSA) is 0 Å². The van der Waals surface area contributed by atoms with Gasteiger partial charge in [-0.1, -0.05) is 385 Å². The molecule has 0 aromatic rings. The van der Waals surface area contributed by atoms with E-state index in [0.29, 0.717) is 10.8 Å². The summed E-state index contributed by atoms with van der Waals surface area (Å²) in [5, 5.41) is 0. The summed E-state index contributed by atoms with van der Waals surface area (Å²) >= 11 is 0. The van der Waals surface area contributed by atoms with Crippen molar-refractivity contribution in [2.75, 3.05) is 0 Å². The molecule has 0 aromatic carbocycles. The Balaban J connectivity index is -0.0000000935. The molecule has 0 saturated carbocycles. The van der Waals surface area contributed by atoms with Crippen molar-refractivity contribution in [3.8, 4) is 0 Å². The molecule has 466 valence electrons. The normalized spacial score (nSPS) is 19.4. The quantitative estimate of drug-likeness (QED) is 0.264. The van der Waals surface area contributed by atoms with E-state index in [1.807, 2.05) is 132 Å². The van der Waals surface area contributed by atoms with E-state index in [1.165, 1.54) is 13.8 Å². The molecule has 0 aromatic heterocycles. The highest BCUT2D eigenvalue weighted by Gasteiger charge is 2.29. The molecule has 0 heterocycles. The molecule has 74 heavy (non-hydrogen) atoms. The fraction of sp³-hybridized carbons (Fsp3) is 1.00. The Kier molecular flexibility index (Phi) is 30.9. The van der Waals surface area contributed by atoms with Crippen molar-refractivity contribution in [3.63, 3.8) is 0 Å². The highest BCUT2D eigenvalue weighted by atomic mass is 14.3. The molecular weight excluding hydrogens is 889 g/mol. The first kappa shape index (κ1) is 53.3. The van der Waals surface area contributed by atoms with Crippen molar-refractivity contribution >= 4 is 0 Å². The third kappa shape index (κ3) is 94.4. The minimum atomic E-state index is -1.87. The van der Waals surface area contributed by atoms with Gasteiger partial charge in [-0.3, -0.25) is 0 Å². The van der Waals surface area contributed by atoms with Gasteiger partial charge in [0.2, 0.25) is 0 Å². The highest BCUT2D eigenvalue weighted by molar-refractivity contribution is 4.79. The zero-order chi connectivity index (χ0) is 84.5. The SMILES string of the molecule is CC(C)(C)C(C)(C)C.[2H]C(C)(C)C(C)(C)C.[2H]C(C)(C)C(C)(C)C.[2H]C(C)(C)C([2H])(C)C.[2H]C([2H])(C)C(C)(C)C.[2H]C([2H])(C)C(C)(C)C.[2H]C([2H])(C)C([2H])(C)C.[2H]C([2H])(C)C([2H])(C)C.[2H]C([2H])([2H])C(C)(C)C(C)(C)C.[2H]C([2H])([2H])C(C)(C)C(C)(C)C.[2H]C([2H])([2H])C(C)(C)C(C)(C)C. The summed E-state index contributed by atoms with van der Waals surface area (Å²) < 4.78 is 168. The van der Waals surface area contributed by atoms with Crippen molar-refractivity contribution in [3.05, 3.63) is 0 Å². The van der Waals surface area contributed by atoms with Crippen LogP contribution in [0.5, 0.6) is 0 Å². The second-order valence-electron chi connectivity index (χ2n) is 32.1. The second kappa shape index (κ2) is 42.8. The third-order valence-electron chi connectivity index (χ3n) is 14.4. The van der Waals surface area contributed by atoms with Crippen LogP contribution >= 0.6 is 0 Å². The first-order valence-corrected chi connectivity index (χ1v) is 28.0. The smallest absolute Gasteiger partial charge is 0.0302 e. The molecule has 0 nitrogen and oxygen atoms in total. The van der Waals surface area contributed by atoms with Crippen LogP contribution in [-0.2, 0) is 0 Å². The lowest BCUT2D eigenvalue weighted by molar-refractivity contribution is 0.157. The molecule has 0 N–H and O–H groups in total. The van der Waals surface area contributed by atoms with Gasteiger partial charge in [0.25, 0.3) is 0 Å². The Morgan fingerprint density at radius 1 is 0.270 bits per heavy atom. The Morgan fingerprint density at radius 2 is 0.365 bits per heavy atom. The van der Waals surface area contributed by atoms with Crippen molar-refractivity contribution in [1.29, 1.82) is 0 Å². The summed E-state index contributed by atoms with van der Waals surface area (Å²) in [7, 11) is 0. The average molecular weight is 1080 g/mol. The minimum Gasteiger partial charge on any atom is -0.0651 e. The first-order chi connectivity index (χ1) is 39.5. The largest absolute Gasteiger partial charge is 0.0651 e. The zero-order valence-corrected chi connectivity index (χ0v) is 61.5. The maximum atomic E-state index is 7.58. The van der Waals surface area contributed by atoms with Gasteiger partial charge in [-0.2, -0.15) is 0 Å². The van der Waals surface area contributed by atoms with E-state index >= 15 is 0 Å². The van der Waals surface area contributed by atoms with E-state index < -0.39 is 85.9 Å². The van der Waals surface area contributed by atoms with Gasteiger partial charge in [0.05, 0.1) is 0 Å². The predicted molar refractivity (Wildman–Crippen MR) is 364 cm³/mol. The molecule has 0 fully saturated rings. The second-order valence-corrected chi connectivity index (χ2v) is 32.1. The molecule has 0 unspecified atom stereocenters. The van der Waals surface area contributed by atoms with E-state index in [0.717, 1.165) is 0 Å². The molecule has 0 spiro atoms. The number of hydrogen-bond acceptors (Lipinski definition) is 0. The number of hydrogen-bond donors (Lipinski definition) is 0. The zero-order valence-electron chi connectivity index (χ0n) is 84.5. The molecule has 0 radical (unpaired) electrons. The van der Waals surface area contributed by atoms with Crippen molar-refractivity contribution < 1.29 is 31.5 Å². The van der Waals surface area contributed by atoms with E-state index in [1.54, 1.807) is 111 Å². The minimum absolute atomic E-state index is 0.104. The Hall–Kier alpha value is 0. The van der Waals surface area contributed by atoms with E-state index in [-0.39, 0.29) is 49.7 Å². The molecule has 0 saturated heterocycles. The van der Waals surface area contributed by atoms with Crippen LogP contribution in [0.1, 0.15) is 417 Å². The predicted octanol–water partition coefficient (Wildman–Crippen LogP) is 29.0. The van der Waals surface area contributed by atoms with Crippen LogP contribution in [-0.4, -0.2) is 0 Å². The maximum Gasteiger partial charge on any atom is 0.0302 e. The third-order valence-corrected chi connectivity index (χ3v) is 14.4. The van der Waals surface area contributed by atoms with Gasteiger partial charge in [-0.25, -0.2) is 0 Å². The molecular formula is C74H170. The lowest BCUT2D eigenvalue weighted by Crippen LogP contribution is -2.25. The van der Waals surface area contributed by atoms with Crippen LogP contribution in [0.25, 0.3) is 0 Å². The average Bonchev–Trinajstić information content (AvgIpc) is 3.15. The van der Waals surface area contributed by atoms with Crippen LogP contribution in [0.4, 0.5) is 0 Å². The summed E-state index contributed by atoms with van der Waals surface area (Å²) in [6.45, 7) is 87.3. The van der Waals surface area contributed by atoms with Crippen LogP contribution < -0.4 is 0 Å². The number of rotatable bonds is 3. The van der Waals surface area contributed by atoms with Gasteiger partial charge in [-0.05, 0) is 100 Å². The van der Waals surface area contributed by atoms with Gasteiger partial charge < -0.3 is 0 Å². The summed E-state index contributed by atoms with van der Waals surface area (Å²) in [4.78, 5) is 0. The van der Waals surface area contributed by atoms with Crippen LogP contribution in [0, 0.1) is 100 Å². The lowest BCUT2D eigenvalue weighted by atomic mass is 9.71. The summed E-state index contributed by atoms with van der Waals surface area (Å²) in [5.41, 5.74) is -1.80. The summed E-state index contributed by atoms with van der Waals surface area (Å²) in [5.74, 6) is -3.88. The molecule has 0 atom stereocenters. The molecule has 0 heteroatoms. The van der Waals surface area contributed by atoms with Gasteiger partial charge in [0.1, 0.15) is 0 Å². The molecule has 0 bridgehead atoms. The van der Waals surface area contributed by atoms with Gasteiger partial charge in [0, 0.05) is 31.5 Å². The van der Waals surface area contributed by atoms with Crippen LogP contribution in [0.2, 0.25) is 0 Å². The van der Waals surface area contributed by atoms with E-state index in [2.05, 4.69) is 83.1 Å². The lowest BCUT2D eigenvalue weighted by Gasteiger charge is -2.34.